The smallest absolute Gasteiger partial charge is 0.258 e. The van der Waals surface area contributed by atoms with Crippen LogP contribution in [0.3, 0.4) is 0 Å². The second-order valence-corrected chi connectivity index (χ2v) is 3.55. The van der Waals surface area contributed by atoms with Gasteiger partial charge < -0.3 is 9.51 Å². The van der Waals surface area contributed by atoms with Crippen LogP contribution in [-0.2, 0) is 0 Å². The van der Waals surface area contributed by atoms with E-state index in [-0.39, 0.29) is 0 Å². The summed E-state index contributed by atoms with van der Waals surface area (Å²) in [6.45, 7) is 0. The van der Waals surface area contributed by atoms with E-state index >= 15 is 0 Å². The van der Waals surface area contributed by atoms with E-state index in [1.807, 2.05) is 0 Å². The molecule has 0 saturated heterocycles. The van der Waals surface area contributed by atoms with E-state index in [1.54, 1.807) is 36.7 Å². The molecule has 0 amide bonds. The first-order chi connectivity index (χ1) is 8.86. The minimum Gasteiger partial charge on any atom is -0.342 e. The Balaban J connectivity index is 1.95. The highest BCUT2D eigenvalue weighted by Crippen LogP contribution is 2.20. The lowest BCUT2D eigenvalue weighted by Gasteiger charge is -1.92. The first-order valence-electron chi connectivity index (χ1n) is 5.21. The number of hydrogen-bond donors (Lipinski definition) is 1. The Labute approximate surface area is 102 Å². The largest absolute Gasteiger partial charge is 0.342 e. The molecule has 6 heteroatoms. The number of rotatable bonds is 2. The fourth-order valence-corrected chi connectivity index (χ4v) is 1.51. The Kier molecular flexibility index (Phi) is 2.35. The van der Waals surface area contributed by atoms with E-state index in [0.29, 0.717) is 23.1 Å². The minimum atomic E-state index is 0.394. The highest BCUT2D eigenvalue weighted by atomic mass is 16.5. The van der Waals surface area contributed by atoms with Gasteiger partial charge >= 0.3 is 0 Å². The van der Waals surface area contributed by atoms with Crippen molar-refractivity contribution in [2.75, 3.05) is 0 Å². The Hall–Kier alpha value is -2.94. The van der Waals surface area contributed by atoms with Crippen molar-refractivity contribution < 1.29 is 4.52 Å². The van der Waals surface area contributed by atoms with Crippen LogP contribution in [0.1, 0.15) is 5.56 Å². The van der Waals surface area contributed by atoms with Crippen molar-refractivity contribution in [3.8, 4) is 29.2 Å². The number of nitrogens with zero attached hydrogens (tertiary/aromatic N) is 4. The van der Waals surface area contributed by atoms with Crippen molar-refractivity contribution in [1.29, 1.82) is 5.26 Å². The lowest BCUT2D eigenvalue weighted by atomic mass is 10.1. The zero-order valence-corrected chi connectivity index (χ0v) is 9.16. The second kappa shape index (κ2) is 4.14. The van der Waals surface area contributed by atoms with Gasteiger partial charge in [-0.3, -0.25) is 0 Å². The van der Waals surface area contributed by atoms with Gasteiger partial charge in [0, 0.05) is 18.0 Å². The fourth-order valence-electron chi connectivity index (χ4n) is 1.51. The monoisotopic (exact) mass is 237 g/mol. The summed E-state index contributed by atoms with van der Waals surface area (Å²) in [4.78, 5) is 11.2. The van der Waals surface area contributed by atoms with E-state index in [0.717, 1.165) is 5.56 Å². The van der Waals surface area contributed by atoms with Crippen LogP contribution in [0.5, 0.6) is 0 Å². The molecule has 18 heavy (non-hydrogen) atoms. The summed E-state index contributed by atoms with van der Waals surface area (Å²) in [7, 11) is 0. The number of H-pyrrole nitrogens is 1. The molecule has 2 heterocycles. The van der Waals surface area contributed by atoms with E-state index < -0.39 is 0 Å². The number of aromatic amines is 1. The van der Waals surface area contributed by atoms with Gasteiger partial charge in [-0.25, -0.2) is 4.98 Å². The molecule has 0 atom stereocenters. The first-order valence-corrected chi connectivity index (χ1v) is 5.21. The third-order valence-electron chi connectivity index (χ3n) is 2.40. The van der Waals surface area contributed by atoms with Crippen molar-refractivity contribution in [3.63, 3.8) is 0 Å². The van der Waals surface area contributed by atoms with Gasteiger partial charge in [0.15, 0.2) is 5.82 Å². The second-order valence-electron chi connectivity index (χ2n) is 3.55. The topological polar surface area (TPSA) is 91.4 Å². The number of aromatic nitrogens is 4. The van der Waals surface area contributed by atoms with E-state index in [9.17, 15) is 0 Å². The lowest BCUT2D eigenvalue weighted by molar-refractivity contribution is 0.432. The van der Waals surface area contributed by atoms with Crippen LogP contribution in [0.25, 0.3) is 23.1 Å². The molecule has 0 bridgehead atoms. The molecule has 0 saturated carbocycles. The Bertz CT molecular complexity index is 691. The molecule has 0 aliphatic rings. The highest BCUT2D eigenvalue weighted by molar-refractivity contribution is 5.57. The van der Waals surface area contributed by atoms with Crippen LogP contribution in [0, 0.1) is 11.3 Å². The van der Waals surface area contributed by atoms with Crippen LogP contribution in [0.2, 0.25) is 0 Å². The van der Waals surface area contributed by atoms with E-state index in [2.05, 4.69) is 26.2 Å². The van der Waals surface area contributed by atoms with Gasteiger partial charge in [0.1, 0.15) is 0 Å². The van der Waals surface area contributed by atoms with Gasteiger partial charge in [-0.2, -0.15) is 10.2 Å². The summed E-state index contributed by atoms with van der Waals surface area (Å²) in [6, 6.07) is 8.98. The zero-order valence-electron chi connectivity index (χ0n) is 9.16. The van der Waals surface area contributed by atoms with Crippen LogP contribution in [0.4, 0.5) is 0 Å². The average Bonchev–Trinajstić information content (AvgIpc) is 3.09. The van der Waals surface area contributed by atoms with Crippen LogP contribution < -0.4 is 0 Å². The summed E-state index contributed by atoms with van der Waals surface area (Å²) in [6.07, 6.45) is 3.31. The number of benzene rings is 1. The highest BCUT2D eigenvalue weighted by Gasteiger charge is 2.11. The molecule has 3 aromatic rings. The summed E-state index contributed by atoms with van der Waals surface area (Å²) >= 11 is 0. The molecule has 2 aromatic heterocycles. The molecule has 1 N–H and O–H groups in total. The molecule has 0 spiro atoms. The molecule has 0 unspecified atom stereocenters. The Morgan fingerprint density at radius 1 is 1.22 bits per heavy atom. The maximum absolute atomic E-state index is 8.71. The molecule has 0 radical (unpaired) electrons. The van der Waals surface area contributed by atoms with Crippen molar-refractivity contribution in [3.05, 3.63) is 42.2 Å². The fraction of sp³-hybridized carbons (Fsp3) is 0. The van der Waals surface area contributed by atoms with Gasteiger partial charge in [-0.15, -0.1) is 0 Å². The summed E-state index contributed by atoms with van der Waals surface area (Å²) < 4.78 is 5.14. The molecule has 0 aliphatic heterocycles. The molecular formula is C12H7N5O. The van der Waals surface area contributed by atoms with Gasteiger partial charge in [0.2, 0.25) is 5.82 Å². The summed E-state index contributed by atoms with van der Waals surface area (Å²) in [5.41, 5.74) is 1.35. The van der Waals surface area contributed by atoms with Crippen molar-refractivity contribution >= 4 is 0 Å². The molecule has 0 fully saturated rings. The van der Waals surface area contributed by atoms with Gasteiger partial charge in [0.25, 0.3) is 5.89 Å². The predicted molar refractivity (Wildman–Crippen MR) is 62.0 cm³/mol. The standard InChI is InChI=1S/C12H7N5O/c13-7-8-1-3-9(4-2-8)12-16-11(17-18-12)10-14-5-6-15-10/h1-6H,(H,14,15). The van der Waals surface area contributed by atoms with Gasteiger partial charge in [0.05, 0.1) is 11.6 Å². The Morgan fingerprint density at radius 2 is 2.06 bits per heavy atom. The SMILES string of the molecule is N#Cc1ccc(-c2nc(-c3ncc[nH]3)no2)cc1. The quantitative estimate of drug-likeness (QED) is 0.735. The molecule has 0 aliphatic carbocycles. The van der Waals surface area contributed by atoms with Gasteiger partial charge in [-0.05, 0) is 24.3 Å². The van der Waals surface area contributed by atoms with Crippen molar-refractivity contribution in [2.24, 2.45) is 0 Å². The third kappa shape index (κ3) is 1.74. The lowest BCUT2D eigenvalue weighted by Crippen LogP contribution is -1.83. The average molecular weight is 237 g/mol. The number of nitriles is 1. The number of nitrogens with one attached hydrogen (secondary N) is 1. The maximum atomic E-state index is 8.71. The van der Waals surface area contributed by atoms with Crippen LogP contribution >= 0.6 is 0 Å². The normalized spacial score (nSPS) is 10.2. The van der Waals surface area contributed by atoms with E-state index in [1.165, 1.54) is 0 Å². The number of hydrogen-bond acceptors (Lipinski definition) is 5. The van der Waals surface area contributed by atoms with E-state index in [4.69, 9.17) is 9.78 Å². The van der Waals surface area contributed by atoms with Crippen LogP contribution in [0.15, 0.2) is 41.2 Å². The minimum absolute atomic E-state index is 0.394. The van der Waals surface area contributed by atoms with Crippen molar-refractivity contribution in [2.45, 2.75) is 0 Å². The molecule has 3 rings (SSSR count). The molecular weight excluding hydrogens is 230 g/mol. The first kappa shape index (κ1) is 10.2. The molecule has 86 valence electrons. The predicted octanol–water partition coefficient (Wildman–Crippen LogP) is 2.00. The number of imidazole rings is 1. The van der Waals surface area contributed by atoms with Crippen LogP contribution in [-0.4, -0.2) is 20.1 Å². The Morgan fingerprint density at radius 3 is 2.72 bits per heavy atom. The third-order valence-corrected chi connectivity index (χ3v) is 2.40. The summed E-state index contributed by atoms with van der Waals surface area (Å²) in [5.74, 6) is 1.35. The van der Waals surface area contributed by atoms with Gasteiger partial charge in [-0.1, -0.05) is 5.16 Å². The summed E-state index contributed by atoms with van der Waals surface area (Å²) in [5, 5.41) is 12.5. The maximum Gasteiger partial charge on any atom is 0.258 e. The van der Waals surface area contributed by atoms with Crippen molar-refractivity contribution in [1.82, 2.24) is 20.1 Å². The zero-order chi connectivity index (χ0) is 12.4. The molecule has 6 nitrogen and oxygen atoms in total. The molecule has 1 aromatic carbocycles.